The molecule has 3 aromatic rings. The van der Waals surface area contributed by atoms with Crippen LogP contribution < -0.4 is 5.32 Å². The maximum Gasteiger partial charge on any atom is 0.226 e. The Balaban J connectivity index is 1.81. The van der Waals surface area contributed by atoms with Crippen LogP contribution >= 0.6 is 0 Å². The van der Waals surface area contributed by atoms with Gasteiger partial charge in [0, 0.05) is 44.0 Å². The van der Waals surface area contributed by atoms with Gasteiger partial charge in [-0.2, -0.15) is 0 Å². The zero-order chi connectivity index (χ0) is 17.3. The lowest BCUT2D eigenvalue weighted by molar-refractivity contribution is -0.118. The van der Waals surface area contributed by atoms with Crippen molar-refractivity contribution in [3.05, 3.63) is 42.2 Å². The zero-order valence-electron chi connectivity index (χ0n) is 14.6. The van der Waals surface area contributed by atoms with Gasteiger partial charge in [-0.3, -0.25) is 4.79 Å². The summed E-state index contributed by atoms with van der Waals surface area (Å²) in [7, 11) is 2.03. The topological polar surface area (TPSA) is 64.7 Å². The van der Waals surface area contributed by atoms with Gasteiger partial charge in [0.05, 0.1) is 11.0 Å². The molecule has 0 saturated carbocycles. The molecule has 6 nitrogen and oxygen atoms in total. The van der Waals surface area contributed by atoms with Gasteiger partial charge >= 0.3 is 0 Å². The Hall–Kier alpha value is -2.63. The van der Waals surface area contributed by atoms with E-state index in [1.54, 1.807) is 0 Å². The second kappa shape index (κ2) is 6.47. The molecule has 0 bridgehead atoms. The van der Waals surface area contributed by atoms with E-state index in [1.165, 1.54) is 0 Å². The maximum absolute atomic E-state index is 11.8. The number of nitrogens with one attached hydrogen (secondary N) is 1. The van der Waals surface area contributed by atoms with E-state index >= 15 is 0 Å². The van der Waals surface area contributed by atoms with Crippen molar-refractivity contribution in [3.8, 4) is 0 Å². The van der Waals surface area contributed by atoms with E-state index in [2.05, 4.69) is 19.4 Å². The van der Waals surface area contributed by atoms with Crippen molar-refractivity contribution in [1.29, 1.82) is 0 Å². The molecule has 0 aliphatic carbocycles. The van der Waals surface area contributed by atoms with Crippen molar-refractivity contribution in [2.75, 3.05) is 5.32 Å². The normalized spacial score (nSPS) is 11.4. The summed E-state index contributed by atoms with van der Waals surface area (Å²) in [6, 6.07) is 5.86. The van der Waals surface area contributed by atoms with Crippen molar-refractivity contribution in [1.82, 2.24) is 19.1 Å². The first-order valence-electron chi connectivity index (χ1n) is 8.19. The summed E-state index contributed by atoms with van der Waals surface area (Å²) in [5.41, 5.74) is 2.75. The minimum atomic E-state index is -0.0431. The largest absolute Gasteiger partial charge is 0.335 e. The number of carbonyl (C=O) groups excluding carboxylic acids is 1. The van der Waals surface area contributed by atoms with Crippen molar-refractivity contribution in [2.45, 2.75) is 33.7 Å². The maximum atomic E-state index is 11.8. The molecule has 1 aromatic carbocycles. The van der Waals surface area contributed by atoms with Crippen LogP contribution in [0.15, 0.2) is 30.6 Å². The Kier molecular flexibility index (Phi) is 4.38. The van der Waals surface area contributed by atoms with E-state index in [1.807, 2.05) is 58.4 Å². The first-order valence-corrected chi connectivity index (χ1v) is 8.19. The quantitative estimate of drug-likeness (QED) is 0.784. The summed E-state index contributed by atoms with van der Waals surface area (Å²) in [5.74, 6) is 2.00. The number of benzene rings is 1. The highest BCUT2D eigenvalue weighted by Crippen LogP contribution is 2.20. The molecule has 0 saturated heterocycles. The molecule has 1 N–H and O–H groups in total. The molecule has 3 rings (SSSR count). The molecule has 2 heterocycles. The third-order valence-electron chi connectivity index (χ3n) is 4.27. The lowest BCUT2D eigenvalue weighted by Crippen LogP contribution is -2.17. The Morgan fingerprint density at radius 3 is 2.79 bits per heavy atom. The minimum Gasteiger partial charge on any atom is -0.335 e. The Morgan fingerprint density at radius 1 is 1.33 bits per heavy atom. The fourth-order valence-corrected chi connectivity index (χ4v) is 2.70. The third kappa shape index (κ3) is 3.18. The molecule has 0 radical (unpaired) electrons. The van der Waals surface area contributed by atoms with Gasteiger partial charge in [-0.25, -0.2) is 9.97 Å². The third-order valence-corrected chi connectivity index (χ3v) is 4.27. The molecule has 0 atom stereocenters. The lowest BCUT2D eigenvalue weighted by atomic mass is 10.2. The van der Waals surface area contributed by atoms with E-state index in [0.717, 1.165) is 41.3 Å². The first-order chi connectivity index (χ1) is 11.5. The predicted molar refractivity (Wildman–Crippen MR) is 94.8 cm³/mol. The number of anilines is 1. The second-order valence-corrected chi connectivity index (χ2v) is 6.35. The molecular formula is C18H23N5O. The average Bonchev–Trinajstić information content (AvgIpc) is 3.08. The van der Waals surface area contributed by atoms with Crippen LogP contribution in [0.4, 0.5) is 5.69 Å². The van der Waals surface area contributed by atoms with Crippen LogP contribution in [0.25, 0.3) is 11.0 Å². The number of aryl methyl sites for hydroxylation is 4. The van der Waals surface area contributed by atoms with Crippen LogP contribution in [0.1, 0.15) is 25.5 Å². The van der Waals surface area contributed by atoms with Gasteiger partial charge in [0.25, 0.3) is 0 Å². The number of imidazole rings is 2. The molecule has 24 heavy (non-hydrogen) atoms. The van der Waals surface area contributed by atoms with Crippen molar-refractivity contribution in [3.63, 3.8) is 0 Å². The summed E-state index contributed by atoms with van der Waals surface area (Å²) < 4.78 is 4.23. The summed E-state index contributed by atoms with van der Waals surface area (Å²) in [6.07, 6.45) is 4.63. The van der Waals surface area contributed by atoms with Gasteiger partial charge < -0.3 is 14.5 Å². The van der Waals surface area contributed by atoms with Crippen molar-refractivity contribution in [2.24, 2.45) is 13.0 Å². The van der Waals surface area contributed by atoms with Gasteiger partial charge in [0.1, 0.15) is 11.6 Å². The number of fused-ring (bicyclic) bond motifs is 1. The number of rotatable bonds is 5. The van der Waals surface area contributed by atoms with E-state index in [0.29, 0.717) is 0 Å². The van der Waals surface area contributed by atoms with E-state index in [4.69, 9.17) is 4.98 Å². The zero-order valence-corrected chi connectivity index (χ0v) is 14.6. The highest BCUT2D eigenvalue weighted by Gasteiger charge is 2.11. The predicted octanol–water partition coefficient (Wildman–Crippen LogP) is 2.92. The molecule has 2 aromatic heterocycles. The molecule has 0 aliphatic heterocycles. The first kappa shape index (κ1) is 16.2. The standard InChI is InChI=1S/C18H23N5O/c1-12(2)18(24)20-14-5-6-16-15(11-14)21-17(22(16)4)7-9-23-10-8-19-13(23)3/h5-6,8,10-12H,7,9H2,1-4H3,(H,20,24). The van der Waals surface area contributed by atoms with Gasteiger partial charge in [0.2, 0.25) is 5.91 Å². The Morgan fingerprint density at radius 2 is 2.12 bits per heavy atom. The van der Waals surface area contributed by atoms with E-state index < -0.39 is 0 Å². The average molecular weight is 325 g/mol. The van der Waals surface area contributed by atoms with Crippen LogP contribution in [-0.2, 0) is 24.8 Å². The number of nitrogens with zero attached hydrogens (tertiary/aromatic N) is 4. The number of hydrogen-bond donors (Lipinski definition) is 1. The molecule has 0 fully saturated rings. The van der Waals surface area contributed by atoms with Crippen LogP contribution in [-0.4, -0.2) is 25.0 Å². The highest BCUT2D eigenvalue weighted by molar-refractivity contribution is 5.94. The van der Waals surface area contributed by atoms with E-state index in [9.17, 15) is 4.79 Å². The lowest BCUT2D eigenvalue weighted by Gasteiger charge is -2.07. The molecule has 6 heteroatoms. The molecule has 0 unspecified atom stereocenters. The smallest absolute Gasteiger partial charge is 0.226 e. The number of aromatic nitrogens is 4. The Bertz CT molecular complexity index is 875. The number of carbonyl (C=O) groups is 1. The van der Waals surface area contributed by atoms with Crippen LogP contribution in [0.3, 0.4) is 0 Å². The molecular weight excluding hydrogens is 302 g/mol. The number of hydrogen-bond acceptors (Lipinski definition) is 3. The summed E-state index contributed by atoms with van der Waals surface area (Å²) >= 11 is 0. The van der Waals surface area contributed by atoms with Gasteiger partial charge in [-0.15, -0.1) is 0 Å². The van der Waals surface area contributed by atoms with Gasteiger partial charge in [-0.05, 0) is 25.1 Å². The molecule has 0 spiro atoms. The van der Waals surface area contributed by atoms with Gasteiger partial charge in [-0.1, -0.05) is 13.8 Å². The molecule has 126 valence electrons. The van der Waals surface area contributed by atoms with E-state index in [-0.39, 0.29) is 11.8 Å². The summed E-state index contributed by atoms with van der Waals surface area (Å²) in [4.78, 5) is 20.8. The highest BCUT2D eigenvalue weighted by atomic mass is 16.1. The fourth-order valence-electron chi connectivity index (χ4n) is 2.70. The summed E-state index contributed by atoms with van der Waals surface area (Å²) in [6.45, 7) is 6.61. The summed E-state index contributed by atoms with van der Waals surface area (Å²) in [5, 5.41) is 2.92. The molecule has 0 aliphatic rings. The van der Waals surface area contributed by atoms with Crippen LogP contribution in [0.5, 0.6) is 0 Å². The van der Waals surface area contributed by atoms with Crippen molar-refractivity contribution < 1.29 is 4.79 Å². The minimum absolute atomic E-state index is 0.0149. The molecule has 1 amide bonds. The van der Waals surface area contributed by atoms with Crippen molar-refractivity contribution >= 4 is 22.6 Å². The monoisotopic (exact) mass is 325 g/mol. The second-order valence-electron chi connectivity index (χ2n) is 6.35. The van der Waals surface area contributed by atoms with Crippen LogP contribution in [0, 0.1) is 12.8 Å². The Labute approximate surface area is 141 Å². The van der Waals surface area contributed by atoms with Gasteiger partial charge in [0.15, 0.2) is 0 Å². The SMILES string of the molecule is Cc1nccn1CCc1nc2cc(NC(=O)C(C)C)ccc2n1C. The fraction of sp³-hybridized carbons (Fsp3) is 0.389. The number of amides is 1. The van der Waals surface area contributed by atoms with Crippen LogP contribution in [0.2, 0.25) is 0 Å².